The molecule has 0 aliphatic carbocycles. The molecule has 2 nitrogen and oxygen atoms in total. The first-order valence-corrected chi connectivity index (χ1v) is 18.6. The number of nitrogens with one attached hydrogen (secondary N) is 1. The fraction of sp³-hybridized carbons (Fsp3) is 0. The zero-order chi connectivity index (χ0) is 37.1. The predicted molar refractivity (Wildman–Crippen MR) is 236 cm³/mol. The third kappa shape index (κ3) is 6.63. The summed E-state index contributed by atoms with van der Waals surface area (Å²) in [7, 11) is 0. The number of anilines is 1. The van der Waals surface area contributed by atoms with Crippen molar-refractivity contribution in [3.05, 3.63) is 223 Å². The largest absolute Gasteiger partial charge is 0.398 e. The zero-order valence-corrected chi connectivity index (χ0v) is 30.3. The van der Waals surface area contributed by atoms with E-state index >= 15 is 0 Å². The van der Waals surface area contributed by atoms with E-state index in [4.69, 9.17) is 5.73 Å². The molecule has 0 saturated carbocycles. The normalized spacial score (nSPS) is 11.8. The van der Waals surface area contributed by atoms with Crippen LogP contribution in [0, 0.1) is 5.41 Å². The Kier molecular flexibility index (Phi) is 8.91. The van der Waals surface area contributed by atoms with Crippen LogP contribution in [0.4, 0.5) is 5.69 Å². The molecule has 0 heterocycles. The van der Waals surface area contributed by atoms with E-state index in [9.17, 15) is 5.41 Å². The maximum Gasteiger partial charge on any atom is 0.0618 e. The summed E-state index contributed by atoms with van der Waals surface area (Å²) in [6, 6.07) is 67.7. The topological polar surface area (TPSA) is 49.9 Å². The molecule has 260 valence electrons. The van der Waals surface area contributed by atoms with Gasteiger partial charge in [-0.1, -0.05) is 188 Å². The Hall–Kier alpha value is -7.29. The van der Waals surface area contributed by atoms with Crippen LogP contribution < -0.4 is 5.73 Å². The number of rotatable bonds is 8. The van der Waals surface area contributed by atoms with Gasteiger partial charge in [0.2, 0.25) is 0 Å². The van der Waals surface area contributed by atoms with Crippen LogP contribution in [0.25, 0.3) is 77.3 Å². The van der Waals surface area contributed by atoms with Gasteiger partial charge in [0.05, 0.1) is 5.71 Å². The number of hydrogen-bond donors (Lipinski definition) is 2. The number of nitrogen functional groups attached to an aromatic ring is 1. The van der Waals surface area contributed by atoms with Crippen molar-refractivity contribution in [1.82, 2.24) is 0 Å². The number of para-hydroxylation sites is 1. The van der Waals surface area contributed by atoms with Gasteiger partial charge >= 0.3 is 0 Å². The summed E-state index contributed by atoms with van der Waals surface area (Å²) in [4.78, 5) is 0. The highest BCUT2D eigenvalue weighted by Gasteiger charge is 2.14. The van der Waals surface area contributed by atoms with Gasteiger partial charge in [0.25, 0.3) is 0 Å². The number of nitrogens with two attached hydrogens (primary N) is 1. The first-order chi connectivity index (χ1) is 27.1. The first kappa shape index (κ1) is 33.5. The van der Waals surface area contributed by atoms with Gasteiger partial charge in [0.1, 0.15) is 0 Å². The van der Waals surface area contributed by atoms with Crippen LogP contribution in [0.15, 0.2) is 206 Å². The second-order valence-electron chi connectivity index (χ2n) is 13.9. The Balaban J connectivity index is 1.21. The predicted octanol–water partition coefficient (Wildman–Crippen LogP) is 13.9. The molecule has 0 atom stereocenters. The van der Waals surface area contributed by atoms with Crippen molar-refractivity contribution in [2.24, 2.45) is 0 Å². The van der Waals surface area contributed by atoms with Crippen molar-refractivity contribution < 1.29 is 0 Å². The fourth-order valence-corrected chi connectivity index (χ4v) is 7.74. The molecule has 9 aromatic carbocycles. The monoisotopic (exact) mass is 702 g/mol. The summed E-state index contributed by atoms with van der Waals surface area (Å²) in [5.41, 5.74) is 18.1. The van der Waals surface area contributed by atoms with E-state index < -0.39 is 0 Å². The Bertz CT molecular complexity index is 2930. The standard InChI is InChI=1S/C53H38N2/c54-52-24-11-10-23-48(52)41-18-12-17-40(33-41)45-20-8-9-21-46(45)43(35-53(55)39-27-25-37(26-28-39)36-13-2-1-3-14-36)30-32-49-47-22-7-5-16-42(47)34-51-44-19-6-4-15-38(44)29-31-50(49)51/h1-35,55H,54H2/b32-30+,43-35+,55-53?. The van der Waals surface area contributed by atoms with Crippen molar-refractivity contribution in [3.8, 4) is 33.4 Å². The van der Waals surface area contributed by atoms with E-state index in [2.05, 4.69) is 170 Å². The van der Waals surface area contributed by atoms with Crippen molar-refractivity contribution in [2.45, 2.75) is 0 Å². The van der Waals surface area contributed by atoms with E-state index in [0.29, 0.717) is 5.71 Å². The highest BCUT2D eigenvalue weighted by molar-refractivity contribution is 6.17. The van der Waals surface area contributed by atoms with Crippen LogP contribution in [0.2, 0.25) is 0 Å². The molecule has 55 heavy (non-hydrogen) atoms. The van der Waals surface area contributed by atoms with Crippen molar-refractivity contribution in [3.63, 3.8) is 0 Å². The maximum absolute atomic E-state index is 9.44. The lowest BCUT2D eigenvalue weighted by atomic mass is 9.89. The molecule has 0 amide bonds. The minimum Gasteiger partial charge on any atom is -0.398 e. The van der Waals surface area contributed by atoms with Crippen LogP contribution in [0.1, 0.15) is 16.7 Å². The highest BCUT2D eigenvalue weighted by atomic mass is 14.6. The lowest BCUT2D eigenvalue weighted by molar-refractivity contribution is 1.49. The number of benzene rings is 9. The number of allylic oxidation sites excluding steroid dienone is 3. The van der Waals surface area contributed by atoms with Gasteiger partial charge in [-0.05, 0) is 107 Å². The molecule has 9 aromatic rings. The van der Waals surface area contributed by atoms with E-state index in [0.717, 1.165) is 61.3 Å². The van der Waals surface area contributed by atoms with Crippen LogP contribution >= 0.6 is 0 Å². The Labute approximate surface area is 321 Å². The van der Waals surface area contributed by atoms with Crippen LogP contribution in [0.5, 0.6) is 0 Å². The Morgan fingerprint density at radius 3 is 1.85 bits per heavy atom. The molecule has 0 bridgehead atoms. The highest BCUT2D eigenvalue weighted by Crippen LogP contribution is 2.37. The third-order valence-corrected chi connectivity index (χ3v) is 10.5. The summed E-state index contributed by atoms with van der Waals surface area (Å²) in [6.45, 7) is 0. The molecule has 0 aliphatic rings. The maximum atomic E-state index is 9.44. The number of hydrogen-bond acceptors (Lipinski definition) is 2. The molecule has 0 fully saturated rings. The average Bonchev–Trinajstić information content (AvgIpc) is 3.25. The lowest BCUT2D eigenvalue weighted by Gasteiger charge is -2.15. The van der Waals surface area contributed by atoms with Gasteiger partial charge in [-0.3, -0.25) is 0 Å². The molecule has 0 spiro atoms. The zero-order valence-electron chi connectivity index (χ0n) is 30.3. The summed E-state index contributed by atoms with van der Waals surface area (Å²) in [5, 5.41) is 16.7. The SMILES string of the molecule is N=C(/C=C(\C=C\c1c2ccccc2cc2c1ccc1ccccc12)c1ccccc1-c1cccc(-c2ccccc2N)c1)c1ccc(-c2ccccc2)cc1. The Morgan fingerprint density at radius 1 is 0.436 bits per heavy atom. The molecular formula is C53H38N2. The third-order valence-electron chi connectivity index (χ3n) is 10.5. The molecule has 2 heteroatoms. The van der Waals surface area contributed by atoms with Crippen LogP contribution in [-0.2, 0) is 0 Å². The minimum absolute atomic E-state index is 0.439. The molecule has 0 aliphatic heterocycles. The quantitative estimate of drug-likeness (QED) is 0.0535. The summed E-state index contributed by atoms with van der Waals surface area (Å²) < 4.78 is 0. The van der Waals surface area contributed by atoms with Gasteiger partial charge in [0, 0.05) is 11.3 Å². The van der Waals surface area contributed by atoms with E-state index in [1.54, 1.807) is 0 Å². The molecule has 0 unspecified atom stereocenters. The van der Waals surface area contributed by atoms with Crippen molar-refractivity contribution >= 4 is 55.4 Å². The van der Waals surface area contributed by atoms with E-state index in [1.807, 2.05) is 42.5 Å². The lowest BCUT2D eigenvalue weighted by Crippen LogP contribution is -1.98. The molecule has 3 N–H and O–H groups in total. The van der Waals surface area contributed by atoms with Gasteiger partial charge in [-0.25, -0.2) is 0 Å². The van der Waals surface area contributed by atoms with Crippen LogP contribution in [0.3, 0.4) is 0 Å². The summed E-state index contributed by atoms with van der Waals surface area (Å²) in [6.07, 6.45) is 6.45. The summed E-state index contributed by atoms with van der Waals surface area (Å²) in [5.74, 6) is 0. The molecule has 0 saturated heterocycles. The molecular weight excluding hydrogens is 665 g/mol. The Morgan fingerprint density at radius 2 is 1.05 bits per heavy atom. The van der Waals surface area contributed by atoms with E-state index in [-0.39, 0.29) is 0 Å². The van der Waals surface area contributed by atoms with Gasteiger partial charge in [-0.2, -0.15) is 0 Å². The second kappa shape index (κ2) is 14.6. The van der Waals surface area contributed by atoms with Gasteiger partial charge in [-0.15, -0.1) is 0 Å². The van der Waals surface area contributed by atoms with Gasteiger partial charge < -0.3 is 11.1 Å². The second-order valence-corrected chi connectivity index (χ2v) is 13.9. The van der Waals surface area contributed by atoms with Crippen LogP contribution in [-0.4, -0.2) is 5.71 Å². The van der Waals surface area contributed by atoms with Gasteiger partial charge in [0.15, 0.2) is 0 Å². The number of fused-ring (bicyclic) bond motifs is 4. The van der Waals surface area contributed by atoms with E-state index in [1.165, 1.54) is 32.3 Å². The molecule has 0 aromatic heterocycles. The fourth-order valence-electron chi connectivity index (χ4n) is 7.74. The molecule has 0 radical (unpaired) electrons. The molecule has 9 rings (SSSR count). The van der Waals surface area contributed by atoms with Crippen molar-refractivity contribution in [2.75, 3.05) is 5.73 Å². The van der Waals surface area contributed by atoms with Crippen molar-refractivity contribution in [1.29, 1.82) is 5.41 Å². The first-order valence-electron chi connectivity index (χ1n) is 18.6. The minimum atomic E-state index is 0.439. The summed E-state index contributed by atoms with van der Waals surface area (Å²) >= 11 is 0. The smallest absolute Gasteiger partial charge is 0.0618 e. The average molecular weight is 703 g/mol.